The van der Waals surface area contributed by atoms with E-state index in [1.807, 2.05) is 0 Å². The van der Waals surface area contributed by atoms with Crippen molar-refractivity contribution in [2.45, 2.75) is 0 Å². The van der Waals surface area contributed by atoms with E-state index in [0.29, 0.717) is 0 Å². The molecule has 0 aromatic rings. The Morgan fingerprint density at radius 2 is 0.667 bits per heavy atom. The fraction of sp³-hybridized carbons (Fsp3) is 0. The summed E-state index contributed by atoms with van der Waals surface area (Å²) < 4.78 is 17.8. The summed E-state index contributed by atoms with van der Waals surface area (Å²) in [6.07, 6.45) is 0. The van der Waals surface area contributed by atoms with Crippen LogP contribution in [0.2, 0.25) is 0 Å². The van der Waals surface area contributed by atoms with Crippen molar-refractivity contribution < 1.29 is 82.1 Å². The van der Waals surface area contributed by atoms with Gasteiger partial charge >= 0.3 is 15.6 Å². The topological polar surface area (TPSA) is 156 Å². The Kier molecular flexibility index (Phi) is 18.0. The van der Waals surface area contributed by atoms with E-state index in [1.54, 1.807) is 0 Å². The minimum atomic E-state index is -4.64. The molecule has 12 heavy (non-hydrogen) atoms. The second kappa shape index (κ2) is 9.20. The van der Waals surface area contributed by atoms with Gasteiger partial charge in [0.25, 0.3) is 0 Å². The molecule has 0 saturated heterocycles. The maximum atomic E-state index is 8.88. The van der Waals surface area contributed by atoms with Crippen LogP contribution in [0.25, 0.3) is 0 Å². The smallest absolute Gasteiger partial charge is 0.303 e. The van der Waals surface area contributed by atoms with Gasteiger partial charge in [-0.3, -0.25) is 0 Å². The van der Waals surface area contributed by atoms with Gasteiger partial charge in [-0.15, -0.1) is 0 Å². The molecule has 0 aliphatic rings. The zero-order chi connectivity index (χ0) is 9.00. The van der Waals surface area contributed by atoms with Gasteiger partial charge in [-0.2, -0.15) is 0 Å². The molecule has 0 unspecified atom stereocenters. The third-order valence-corrected chi connectivity index (χ3v) is 0. The molecule has 0 radical (unpaired) electrons. The average Bonchev–Trinajstić information content (AvgIpc) is 1.12. The van der Waals surface area contributed by atoms with Gasteiger partial charge in [0.05, 0.1) is 0 Å². The fourth-order valence-electron chi connectivity index (χ4n) is 0. The first-order chi connectivity index (χ1) is 4.00. The summed E-state index contributed by atoms with van der Waals surface area (Å²) in [5, 5.41) is 0. The monoisotopic (exact) mass is 338 g/mol. The Labute approximate surface area is 97.4 Å². The predicted molar refractivity (Wildman–Crippen MR) is 28.5 cm³/mol. The summed E-state index contributed by atoms with van der Waals surface area (Å²) in [4.78, 5) is 43.1. The van der Waals surface area contributed by atoms with Gasteiger partial charge in [0.1, 0.15) is 0 Å². The van der Waals surface area contributed by atoms with Crippen LogP contribution in [0, 0.1) is 0 Å². The normalized spacial score (nSPS) is 9.83. The van der Waals surface area contributed by atoms with Gasteiger partial charge in [-0.05, 0) is 0 Å². The second-order valence-corrected chi connectivity index (χ2v) is 3.08. The molecule has 0 spiro atoms. The zero-order valence-electron chi connectivity index (χ0n) is 5.30. The van der Waals surface area contributed by atoms with E-state index >= 15 is 0 Å². The Morgan fingerprint density at radius 3 is 0.667 bits per heavy atom. The molecule has 6 N–H and O–H groups in total. The van der Waals surface area contributed by atoms with Crippen molar-refractivity contribution in [3.63, 3.8) is 0 Å². The molecule has 8 nitrogen and oxygen atoms in total. The van der Waals surface area contributed by atoms with Crippen molar-refractivity contribution in [2.75, 3.05) is 0 Å². The van der Waals surface area contributed by atoms with Crippen LogP contribution < -0.4 is 0 Å². The van der Waals surface area contributed by atoms with Crippen molar-refractivity contribution in [3.8, 4) is 0 Å². The minimum Gasteiger partial charge on any atom is -0.303 e. The molecule has 0 fully saturated rings. The van der Waals surface area contributed by atoms with E-state index in [2.05, 4.69) is 0 Å². The first-order valence-electron chi connectivity index (χ1n) is 1.57. The largest absolute Gasteiger partial charge is 0.466 e. The van der Waals surface area contributed by atoms with E-state index in [9.17, 15) is 0 Å². The van der Waals surface area contributed by atoms with Crippen LogP contribution in [0.1, 0.15) is 0 Å². The zero-order valence-corrected chi connectivity index (χ0v) is 10.8. The summed E-state index contributed by atoms with van der Waals surface area (Å²) in [7, 11) is -9.28. The Bertz CT molecular complexity index is 129. The third kappa shape index (κ3) is 492. The van der Waals surface area contributed by atoms with Crippen molar-refractivity contribution in [1.29, 1.82) is 0 Å². The Hall–Kier alpha value is 1.64. The molecule has 0 aromatic heterocycles. The number of rotatable bonds is 0. The summed E-state index contributed by atoms with van der Waals surface area (Å²) in [5.74, 6) is 0. The molecule has 74 valence electrons. The number of phosphoric acid groups is 2. The van der Waals surface area contributed by atoms with E-state index < -0.39 is 15.6 Å². The second-order valence-electron chi connectivity index (χ2n) is 1.03. The molecular formula is H6CrO8P2Zr. The molecular weight excluding hydrogens is 333 g/mol. The maximum Gasteiger partial charge on any atom is 0.466 e. The quantitative estimate of drug-likeness (QED) is 0.281. The van der Waals surface area contributed by atoms with Gasteiger partial charge in [-0.1, -0.05) is 0 Å². The molecule has 0 saturated carbocycles. The summed E-state index contributed by atoms with van der Waals surface area (Å²) in [6.45, 7) is 0. The van der Waals surface area contributed by atoms with Crippen molar-refractivity contribution in [1.82, 2.24) is 0 Å². The van der Waals surface area contributed by atoms with Crippen molar-refractivity contribution >= 4 is 15.6 Å². The molecule has 0 atom stereocenters. The van der Waals surface area contributed by atoms with Crippen LogP contribution in [-0.2, 0) is 52.7 Å². The molecule has 0 amide bonds. The van der Waals surface area contributed by atoms with E-state index in [4.69, 9.17) is 38.5 Å². The van der Waals surface area contributed by atoms with Gasteiger partial charge < -0.3 is 29.4 Å². The third-order valence-electron chi connectivity index (χ3n) is 0. The predicted octanol–water partition coefficient (Wildman–Crippen LogP) is -1.86. The Balaban J connectivity index is -0.0000000457. The van der Waals surface area contributed by atoms with Crippen LogP contribution in [0.4, 0.5) is 0 Å². The SMILES string of the molecule is O=P(O)(O)O.O=P(O)(O)O.[Cr].[Zr]. The summed E-state index contributed by atoms with van der Waals surface area (Å²) in [5.41, 5.74) is 0. The molecule has 0 rings (SSSR count). The van der Waals surface area contributed by atoms with E-state index in [-0.39, 0.29) is 43.6 Å². The van der Waals surface area contributed by atoms with Crippen LogP contribution >= 0.6 is 15.6 Å². The average molecular weight is 339 g/mol. The molecule has 0 heterocycles. The first-order valence-corrected chi connectivity index (χ1v) is 4.70. The van der Waals surface area contributed by atoms with Crippen LogP contribution in [0.15, 0.2) is 0 Å². The van der Waals surface area contributed by atoms with Gasteiger partial charge in [0, 0.05) is 43.6 Å². The number of hydrogen-bond donors (Lipinski definition) is 6. The first kappa shape index (κ1) is 23.4. The summed E-state index contributed by atoms with van der Waals surface area (Å²) in [6, 6.07) is 0. The summed E-state index contributed by atoms with van der Waals surface area (Å²) >= 11 is 0. The molecule has 0 aliphatic carbocycles. The maximum absolute atomic E-state index is 8.88. The molecule has 12 heteroatoms. The van der Waals surface area contributed by atoms with E-state index in [1.165, 1.54) is 0 Å². The van der Waals surface area contributed by atoms with Gasteiger partial charge in [0.2, 0.25) is 0 Å². The number of hydrogen-bond acceptors (Lipinski definition) is 2. The van der Waals surface area contributed by atoms with Crippen LogP contribution in [-0.4, -0.2) is 29.4 Å². The van der Waals surface area contributed by atoms with Crippen molar-refractivity contribution in [2.24, 2.45) is 0 Å². The molecule has 0 bridgehead atoms. The van der Waals surface area contributed by atoms with Crippen LogP contribution in [0.5, 0.6) is 0 Å². The van der Waals surface area contributed by atoms with Crippen molar-refractivity contribution in [3.05, 3.63) is 0 Å². The fourth-order valence-corrected chi connectivity index (χ4v) is 0. The van der Waals surface area contributed by atoms with Gasteiger partial charge in [0.15, 0.2) is 0 Å². The van der Waals surface area contributed by atoms with Gasteiger partial charge in [-0.25, -0.2) is 9.13 Å². The standard InChI is InChI=1S/Cr.2H3O4P.Zr/c;2*1-5(2,3)4;/h;2*(H3,1,2,3,4);. The molecule has 0 aromatic carbocycles. The molecule has 0 aliphatic heterocycles. The van der Waals surface area contributed by atoms with E-state index in [0.717, 1.165) is 0 Å². The van der Waals surface area contributed by atoms with Crippen LogP contribution in [0.3, 0.4) is 0 Å². The minimum absolute atomic E-state index is 0. The Morgan fingerprint density at radius 1 is 0.667 bits per heavy atom.